The van der Waals surface area contributed by atoms with Gasteiger partial charge in [0, 0.05) is 10.8 Å². The summed E-state index contributed by atoms with van der Waals surface area (Å²) < 4.78 is 1.32. The standard InChI is InChI=1S/C15H17N5O2S2/c1-7(2)12-18-19-15(24-12)17-10(21)5-20-6-16-13-11(14(20)22)8(3)9(4)23-13/h6-7H,5H2,1-4H3,(H,17,19,21). The van der Waals surface area contributed by atoms with Crippen molar-refractivity contribution in [2.24, 2.45) is 0 Å². The fourth-order valence-corrected chi connectivity index (χ4v) is 3.96. The van der Waals surface area contributed by atoms with E-state index in [0.29, 0.717) is 15.3 Å². The fraction of sp³-hybridized carbons (Fsp3) is 0.400. The van der Waals surface area contributed by atoms with E-state index in [-0.39, 0.29) is 23.9 Å². The molecule has 0 saturated heterocycles. The molecule has 3 rings (SSSR count). The van der Waals surface area contributed by atoms with Crippen molar-refractivity contribution in [1.29, 1.82) is 0 Å². The minimum atomic E-state index is -0.325. The maximum Gasteiger partial charge on any atom is 0.262 e. The molecule has 0 saturated carbocycles. The number of thiophene rings is 1. The summed E-state index contributed by atoms with van der Waals surface area (Å²) in [6.45, 7) is 7.78. The zero-order valence-electron chi connectivity index (χ0n) is 13.8. The molecule has 0 aliphatic rings. The van der Waals surface area contributed by atoms with Crippen LogP contribution in [-0.2, 0) is 11.3 Å². The molecule has 0 aromatic carbocycles. The van der Waals surface area contributed by atoms with Crippen molar-refractivity contribution in [3.63, 3.8) is 0 Å². The Hall–Kier alpha value is -2.13. The molecule has 9 heteroatoms. The van der Waals surface area contributed by atoms with Gasteiger partial charge in [0.1, 0.15) is 16.4 Å². The Bertz CT molecular complexity index is 970. The molecule has 0 radical (unpaired) electrons. The van der Waals surface area contributed by atoms with Crippen molar-refractivity contribution >= 4 is 43.9 Å². The predicted molar refractivity (Wildman–Crippen MR) is 96.0 cm³/mol. The molecule has 0 unspecified atom stereocenters. The Morgan fingerprint density at radius 1 is 1.29 bits per heavy atom. The zero-order chi connectivity index (χ0) is 17.4. The maximum absolute atomic E-state index is 12.6. The SMILES string of the molecule is Cc1sc2ncn(CC(=O)Nc3nnc(C(C)C)s3)c(=O)c2c1C. The number of fused-ring (bicyclic) bond motifs is 1. The molecule has 0 bridgehead atoms. The van der Waals surface area contributed by atoms with Crippen LogP contribution in [0.15, 0.2) is 11.1 Å². The Kier molecular flexibility index (Phi) is 4.46. The van der Waals surface area contributed by atoms with Gasteiger partial charge in [-0.2, -0.15) is 0 Å². The Morgan fingerprint density at radius 2 is 2.04 bits per heavy atom. The van der Waals surface area contributed by atoms with Crippen LogP contribution >= 0.6 is 22.7 Å². The van der Waals surface area contributed by atoms with Gasteiger partial charge in [-0.3, -0.25) is 19.5 Å². The van der Waals surface area contributed by atoms with E-state index < -0.39 is 0 Å². The number of amides is 1. The lowest BCUT2D eigenvalue weighted by Crippen LogP contribution is -2.27. The monoisotopic (exact) mass is 363 g/mol. The van der Waals surface area contributed by atoms with Crippen molar-refractivity contribution in [3.05, 3.63) is 32.1 Å². The summed E-state index contributed by atoms with van der Waals surface area (Å²) in [5.41, 5.74) is 0.727. The molecule has 24 heavy (non-hydrogen) atoms. The van der Waals surface area contributed by atoms with Gasteiger partial charge in [-0.1, -0.05) is 25.2 Å². The summed E-state index contributed by atoms with van der Waals surface area (Å²) in [6, 6.07) is 0. The second kappa shape index (κ2) is 6.40. The van der Waals surface area contributed by atoms with E-state index in [2.05, 4.69) is 20.5 Å². The first-order valence-electron chi connectivity index (χ1n) is 7.45. The number of hydrogen-bond acceptors (Lipinski definition) is 7. The molecular weight excluding hydrogens is 346 g/mol. The quantitative estimate of drug-likeness (QED) is 0.770. The molecule has 0 fully saturated rings. The van der Waals surface area contributed by atoms with E-state index in [1.807, 2.05) is 27.7 Å². The number of aromatic nitrogens is 4. The summed E-state index contributed by atoms with van der Waals surface area (Å²) in [4.78, 5) is 30.8. The third kappa shape index (κ3) is 3.09. The highest BCUT2D eigenvalue weighted by molar-refractivity contribution is 7.18. The summed E-state index contributed by atoms with van der Waals surface area (Å²) in [6.07, 6.45) is 1.42. The molecule has 0 aliphatic carbocycles. The van der Waals surface area contributed by atoms with E-state index in [1.54, 1.807) is 0 Å². The molecule has 3 aromatic rings. The summed E-state index contributed by atoms with van der Waals surface area (Å²) in [5, 5.41) is 12.5. The van der Waals surface area contributed by atoms with Crippen LogP contribution in [0.4, 0.5) is 5.13 Å². The molecule has 0 atom stereocenters. The minimum Gasteiger partial charge on any atom is -0.299 e. The second-order valence-electron chi connectivity index (χ2n) is 5.79. The molecule has 0 aliphatic heterocycles. The van der Waals surface area contributed by atoms with E-state index in [1.165, 1.54) is 33.6 Å². The third-order valence-electron chi connectivity index (χ3n) is 3.65. The number of carbonyl (C=O) groups is 1. The average molecular weight is 363 g/mol. The van der Waals surface area contributed by atoms with Gasteiger partial charge in [0.05, 0.1) is 11.7 Å². The zero-order valence-corrected chi connectivity index (χ0v) is 15.4. The fourth-order valence-electron chi connectivity index (χ4n) is 2.21. The number of carbonyl (C=O) groups excluding carboxylic acids is 1. The maximum atomic E-state index is 12.6. The number of nitrogens with zero attached hydrogens (tertiary/aromatic N) is 4. The highest BCUT2D eigenvalue weighted by atomic mass is 32.1. The number of nitrogens with one attached hydrogen (secondary N) is 1. The second-order valence-corrected chi connectivity index (χ2v) is 8.00. The summed E-state index contributed by atoms with van der Waals surface area (Å²) in [5.74, 6) is -0.0681. The minimum absolute atomic E-state index is 0.104. The number of aryl methyl sites for hydroxylation is 2. The van der Waals surface area contributed by atoms with Crippen LogP contribution in [0.1, 0.15) is 35.2 Å². The molecule has 1 N–H and O–H groups in total. The Balaban J connectivity index is 1.81. The van der Waals surface area contributed by atoms with Gasteiger partial charge in [0.2, 0.25) is 11.0 Å². The van der Waals surface area contributed by atoms with E-state index in [4.69, 9.17) is 0 Å². The van der Waals surface area contributed by atoms with Crippen molar-refractivity contribution in [1.82, 2.24) is 19.7 Å². The van der Waals surface area contributed by atoms with Crippen LogP contribution in [0.25, 0.3) is 10.2 Å². The van der Waals surface area contributed by atoms with E-state index >= 15 is 0 Å². The van der Waals surface area contributed by atoms with Crippen LogP contribution < -0.4 is 10.9 Å². The molecule has 126 valence electrons. The molecule has 0 spiro atoms. The Labute approximate surface area is 146 Å². The lowest BCUT2D eigenvalue weighted by molar-refractivity contribution is -0.116. The van der Waals surface area contributed by atoms with Gasteiger partial charge in [0.15, 0.2) is 0 Å². The number of anilines is 1. The van der Waals surface area contributed by atoms with Crippen LogP contribution in [0, 0.1) is 13.8 Å². The van der Waals surface area contributed by atoms with Gasteiger partial charge in [-0.25, -0.2) is 4.98 Å². The largest absolute Gasteiger partial charge is 0.299 e. The van der Waals surface area contributed by atoms with Crippen LogP contribution in [-0.4, -0.2) is 25.7 Å². The summed E-state index contributed by atoms with van der Waals surface area (Å²) >= 11 is 2.82. The van der Waals surface area contributed by atoms with Crippen LogP contribution in [0.3, 0.4) is 0 Å². The number of rotatable bonds is 4. The Morgan fingerprint density at radius 3 is 2.71 bits per heavy atom. The molecule has 3 aromatic heterocycles. The third-order valence-corrected chi connectivity index (χ3v) is 5.91. The van der Waals surface area contributed by atoms with Crippen molar-refractivity contribution < 1.29 is 4.79 Å². The molecular formula is C15H17N5O2S2. The average Bonchev–Trinajstić information content (AvgIpc) is 3.08. The molecule has 7 nitrogen and oxygen atoms in total. The van der Waals surface area contributed by atoms with Crippen LogP contribution in [0.2, 0.25) is 0 Å². The van der Waals surface area contributed by atoms with Crippen molar-refractivity contribution in [2.75, 3.05) is 5.32 Å². The van der Waals surface area contributed by atoms with E-state index in [9.17, 15) is 9.59 Å². The first-order valence-corrected chi connectivity index (χ1v) is 9.08. The lowest BCUT2D eigenvalue weighted by Gasteiger charge is -2.05. The summed E-state index contributed by atoms with van der Waals surface area (Å²) in [7, 11) is 0. The van der Waals surface area contributed by atoms with Gasteiger partial charge < -0.3 is 0 Å². The molecule has 1 amide bonds. The first-order chi connectivity index (χ1) is 11.4. The van der Waals surface area contributed by atoms with Gasteiger partial charge in [0.25, 0.3) is 5.56 Å². The smallest absolute Gasteiger partial charge is 0.262 e. The van der Waals surface area contributed by atoms with Gasteiger partial charge >= 0.3 is 0 Å². The van der Waals surface area contributed by atoms with Crippen molar-refractivity contribution in [2.45, 2.75) is 40.2 Å². The lowest BCUT2D eigenvalue weighted by atomic mass is 10.2. The molecule has 3 heterocycles. The predicted octanol–water partition coefficient (Wildman–Crippen LogP) is 2.69. The highest BCUT2D eigenvalue weighted by Crippen LogP contribution is 2.25. The highest BCUT2D eigenvalue weighted by Gasteiger charge is 2.15. The van der Waals surface area contributed by atoms with E-state index in [0.717, 1.165) is 15.4 Å². The van der Waals surface area contributed by atoms with Crippen molar-refractivity contribution in [3.8, 4) is 0 Å². The normalized spacial score (nSPS) is 11.4. The van der Waals surface area contributed by atoms with Gasteiger partial charge in [-0.05, 0) is 19.4 Å². The number of hydrogen-bond donors (Lipinski definition) is 1. The topological polar surface area (TPSA) is 89.8 Å². The van der Waals surface area contributed by atoms with Gasteiger partial charge in [-0.15, -0.1) is 21.5 Å². The first kappa shape index (κ1) is 16.7. The van der Waals surface area contributed by atoms with Crippen LogP contribution in [0.5, 0.6) is 0 Å².